The zero-order chi connectivity index (χ0) is 13.0. The van der Waals surface area contributed by atoms with Crippen molar-refractivity contribution in [3.8, 4) is 0 Å². The van der Waals surface area contributed by atoms with E-state index in [1.54, 1.807) is 0 Å². The van der Waals surface area contributed by atoms with Gasteiger partial charge in [-0.1, -0.05) is 6.92 Å². The number of hydrogen-bond donors (Lipinski definition) is 2. The maximum absolute atomic E-state index is 12.2. The van der Waals surface area contributed by atoms with E-state index in [1.807, 2.05) is 0 Å². The van der Waals surface area contributed by atoms with Gasteiger partial charge in [-0.15, -0.1) is 0 Å². The van der Waals surface area contributed by atoms with Crippen molar-refractivity contribution in [2.45, 2.75) is 33.1 Å². The molecule has 2 aliphatic rings. The molecule has 0 saturated carbocycles. The number of nitrogens with one attached hydrogen (secondary N) is 2. The topological polar surface area (TPSA) is 44.4 Å². The molecule has 0 aromatic carbocycles. The first kappa shape index (κ1) is 13.8. The highest BCUT2D eigenvalue weighted by Gasteiger charge is 2.36. The van der Waals surface area contributed by atoms with E-state index in [0.717, 1.165) is 32.6 Å². The molecular weight excluding hydrogens is 226 g/mol. The summed E-state index contributed by atoms with van der Waals surface area (Å²) in [6, 6.07) is 0. The fourth-order valence-electron chi connectivity index (χ4n) is 2.97. The van der Waals surface area contributed by atoms with Gasteiger partial charge in [-0.05, 0) is 58.3 Å². The standard InChI is InChI=1S/C14H27N3O/c1-3-17-8-4-12(5-9-17)10-16-13(18)14(2)6-7-15-11-14/h12,15H,3-11H2,1-2H3,(H,16,18). The summed E-state index contributed by atoms with van der Waals surface area (Å²) in [7, 11) is 0. The number of carbonyl (C=O) groups excluding carboxylic acids is 1. The third kappa shape index (κ3) is 3.23. The molecule has 18 heavy (non-hydrogen) atoms. The number of piperidine rings is 1. The molecule has 1 amide bonds. The average molecular weight is 253 g/mol. The Labute approximate surface area is 110 Å². The molecule has 1 atom stereocenters. The number of rotatable bonds is 4. The van der Waals surface area contributed by atoms with Crippen LogP contribution in [0.5, 0.6) is 0 Å². The first-order valence-corrected chi connectivity index (χ1v) is 7.35. The van der Waals surface area contributed by atoms with Gasteiger partial charge in [0.1, 0.15) is 0 Å². The van der Waals surface area contributed by atoms with Crippen molar-refractivity contribution >= 4 is 5.91 Å². The van der Waals surface area contributed by atoms with E-state index in [-0.39, 0.29) is 11.3 Å². The zero-order valence-corrected chi connectivity index (χ0v) is 11.8. The van der Waals surface area contributed by atoms with Gasteiger partial charge < -0.3 is 15.5 Å². The maximum Gasteiger partial charge on any atom is 0.227 e. The Morgan fingerprint density at radius 1 is 1.44 bits per heavy atom. The van der Waals surface area contributed by atoms with Gasteiger partial charge in [0.05, 0.1) is 5.41 Å². The largest absolute Gasteiger partial charge is 0.355 e. The molecule has 104 valence electrons. The molecule has 1 unspecified atom stereocenters. The summed E-state index contributed by atoms with van der Waals surface area (Å²) in [5.74, 6) is 0.917. The molecule has 0 aromatic heterocycles. The highest BCUT2D eigenvalue weighted by molar-refractivity contribution is 5.82. The Morgan fingerprint density at radius 2 is 2.17 bits per heavy atom. The van der Waals surface area contributed by atoms with Gasteiger partial charge in [0, 0.05) is 13.1 Å². The molecular formula is C14H27N3O. The second kappa shape index (κ2) is 6.02. The van der Waals surface area contributed by atoms with Crippen molar-refractivity contribution in [2.75, 3.05) is 39.3 Å². The van der Waals surface area contributed by atoms with Crippen LogP contribution >= 0.6 is 0 Å². The van der Waals surface area contributed by atoms with Gasteiger partial charge in [0.25, 0.3) is 0 Å². The van der Waals surface area contributed by atoms with Crippen molar-refractivity contribution in [3.63, 3.8) is 0 Å². The van der Waals surface area contributed by atoms with Crippen molar-refractivity contribution in [1.29, 1.82) is 0 Å². The molecule has 0 radical (unpaired) electrons. The molecule has 2 fully saturated rings. The molecule has 2 N–H and O–H groups in total. The number of hydrogen-bond acceptors (Lipinski definition) is 3. The van der Waals surface area contributed by atoms with E-state index >= 15 is 0 Å². The summed E-state index contributed by atoms with van der Waals surface area (Å²) < 4.78 is 0. The second-order valence-electron chi connectivity index (χ2n) is 6.08. The van der Waals surface area contributed by atoms with E-state index in [4.69, 9.17) is 0 Å². The van der Waals surface area contributed by atoms with Gasteiger partial charge in [0.15, 0.2) is 0 Å². The molecule has 0 aromatic rings. The lowest BCUT2D eigenvalue weighted by Gasteiger charge is -2.32. The lowest BCUT2D eigenvalue weighted by Crippen LogP contribution is -2.44. The molecule has 2 aliphatic heterocycles. The van der Waals surface area contributed by atoms with E-state index in [0.29, 0.717) is 5.92 Å². The first-order valence-electron chi connectivity index (χ1n) is 7.35. The number of carbonyl (C=O) groups is 1. The summed E-state index contributed by atoms with van der Waals surface area (Å²) in [5.41, 5.74) is -0.176. The Kier molecular flexibility index (Phi) is 4.62. The van der Waals surface area contributed by atoms with Gasteiger partial charge in [0.2, 0.25) is 5.91 Å². The molecule has 4 nitrogen and oxygen atoms in total. The summed E-state index contributed by atoms with van der Waals surface area (Å²) in [4.78, 5) is 14.7. The van der Waals surface area contributed by atoms with Crippen molar-refractivity contribution in [3.05, 3.63) is 0 Å². The zero-order valence-electron chi connectivity index (χ0n) is 11.8. The minimum Gasteiger partial charge on any atom is -0.355 e. The van der Waals surface area contributed by atoms with Crippen LogP contribution in [0.4, 0.5) is 0 Å². The van der Waals surface area contributed by atoms with Gasteiger partial charge in [-0.25, -0.2) is 0 Å². The van der Waals surface area contributed by atoms with Crippen LogP contribution in [0.1, 0.15) is 33.1 Å². The van der Waals surface area contributed by atoms with Crippen LogP contribution in [0.2, 0.25) is 0 Å². The third-order valence-electron chi connectivity index (χ3n) is 4.62. The van der Waals surface area contributed by atoms with E-state index < -0.39 is 0 Å². The summed E-state index contributed by atoms with van der Waals surface area (Å²) in [5, 5.41) is 6.45. The molecule has 2 heterocycles. The fourth-order valence-corrected chi connectivity index (χ4v) is 2.97. The summed E-state index contributed by atoms with van der Waals surface area (Å²) >= 11 is 0. The van der Waals surface area contributed by atoms with Crippen LogP contribution < -0.4 is 10.6 Å². The molecule has 2 saturated heterocycles. The van der Waals surface area contributed by atoms with Crippen molar-refractivity contribution in [2.24, 2.45) is 11.3 Å². The van der Waals surface area contributed by atoms with Crippen LogP contribution in [-0.2, 0) is 4.79 Å². The summed E-state index contributed by atoms with van der Waals surface area (Å²) in [6.07, 6.45) is 3.42. The average Bonchev–Trinajstić information content (AvgIpc) is 2.85. The predicted octanol–water partition coefficient (Wildman–Crippen LogP) is 0.834. The third-order valence-corrected chi connectivity index (χ3v) is 4.62. The van der Waals surface area contributed by atoms with Crippen molar-refractivity contribution in [1.82, 2.24) is 15.5 Å². The molecule has 0 aliphatic carbocycles. The monoisotopic (exact) mass is 253 g/mol. The Balaban J connectivity index is 1.70. The van der Waals surface area contributed by atoms with Gasteiger partial charge >= 0.3 is 0 Å². The highest BCUT2D eigenvalue weighted by atomic mass is 16.2. The van der Waals surface area contributed by atoms with E-state index in [1.165, 1.54) is 25.9 Å². The Hall–Kier alpha value is -0.610. The number of likely N-dealkylation sites (tertiary alicyclic amines) is 1. The highest BCUT2D eigenvalue weighted by Crippen LogP contribution is 2.25. The molecule has 2 rings (SSSR count). The van der Waals surface area contributed by atoms with Crippen molar-refractivity contribution < 1.29 is 4.79 Å². The molecule has 4 heteroatoms. The number of amides is 1. The van der Waals surface area contributed by atoms with Gasteiger partial charge in [-0.2, -0.15) is 0 Å². The quantitative estimate of drug-likeness (QED) is 0.780. The van der Waals surface area contributed by atoms with Crippen LogP contribution in [-0.4, -0.2) is 50.1 Å². The minimum absolute atomic E-state index is 0.176. The molecule has 0 bridgehead atoms. The molecule has 0 spiro atoms. The smallest absolute Gasteiger partial charge is 0.227 e. The SMILES string of the molecule is CCN1CCC(CNC(=O)C2(C)CCNC2)CC1. The van der Waals surface area contributed by atoms with Crippen LogP contribution in [0.25, 0.3) is 0 Å². The fraction of sp³-hybridized carbons (Fsp3) is 0.929. The van der Waals surface area contributed by atoms with Crippen LogP contribution in [0.3, 0.4) is 0 Å². The Bertz CT molecular complexity index is 279. The second-order valence-corrected chi connectivity index (χ2v) is 6.08. The lowest BCUT2D eigenvalue weighted by atomic mass is 9.88. The van der Waals surface area contributed by atoms with Crippen LogP contribution in [0.15, 0.2) is 0 Å². The number of nitrogens with zero attached hydrogens (tertiary/aromatic N) is 1. The summed E-state index contributed by atoms with van der Waals surface area (Å²) in [6.45, 7) is 10.5. The van der Waals surface area contributed by atoms with E-state index in [2.05, 4.69) is 29.4 Å². The lowest BCUT2D eigenvalue weighted by molar-refractivity contribution is -0.129. The normalized spacial score (nSPS) is 30.6. The predicted molar refractivity (Wildman–Crippen MR) is 73.4 cm³/mol. The maximum atomic E-state index is 12.2. The first-order chi connectivity index (χ1) is 8.64. The van der Waals surface area contributed by atoms with Crippen LogP contribution in [0, 0.1) is 11.3 Å². The van der Waals surface area contributed by atoms with Gasteiger partial charge in [-0.3, -0.25) is 4.79 Å². The Morgan fingerprint density at radius 3 is 2.72 bits per heavy atom. The minimum atomic E-state index is -0.176. The van der Waals surface area contributed by atoms with E-state index in [9.17, 15) is 4.79 Å².